The number of nitrogens with zero attached hydrogens (tertiary/aromatic N) is 4. The van der Waals surface area contributed by atoms with Gasteiger partial charge in [-0.3, -0.25) is 19.3 Å². The molecule has 12 nitrogen and oxygen atoms in total. The zero-order valence-corrected chi connectivity index (χ0v) is 16.5. The van der Waals surface area contributed by atoms with Crippen molar-refractivity contribution in [3.8, 4) is 0 Å². The smallest absolute Gasteiger partial charge is 0.362 e. The minimum Gasteiger partial charge on any atom is -0.398 e. The van der Waals surface area contributed by atoms with Gasteiger partial charge in [-0.05, 0) is 5.57 Å². The number of amides is 2. The van der Waals surface area contributed by atoms with Crippen LogP contribution < -0.4 is 11.1 Å². The largest absolute Gasteiger partial charge is 0.398 e. The van der Waals surface area contributed by atoms with Crippen molar-refractivity contribution in [2.24, 2.45) is 5.16 Å². The number of hydrogen-bond donors (Lipinski definition) is 2. The Kier molecular flexibility index (Phi) is 5.93. The topological polar surface area (TPSA) is 166 Å². The van der Waals surface area contributed by atoms with Gasteiger partial charge in [0, 0.05) is 17.3 Å². The molecule has 3 N–H and O–H groups in total. The lowest BCUT2D eigenvalue weighted by Gasteiger charge is -2.49. The van der Waals surface area contributed by atoms with Crippen molar-refractivity contribution in [3.63, 3.8) is 0 Å². The van der Waals surface area contributed by atoms with Crippen molar-refractivity contribution in [3.05, 3.63) is 29.7 Å². The first-order valence-electron chi connectivity index (χ1n) is 7.89. The molecule has 1 aromatic rings. The maximum absolute atomic E-state index is 12.6. The number of nitrogens with one attached hydrogen (secondary N) is 1. The molecular formula is C15H14N6O6S2. The van der Waals surface area contributed by atoms with Crippen molar-refractivity contribution in [1.29, 1.82) is 0 Å². The molecule has 0 radical (unpaired) electrons. The number of oxime groups is 1. The third-order valence-electron chi connectivity index (χ3n) is 3.93. The molecule has 2 aliphatic rings. The number of nitrogens with two attached hydrogens (primary N) is 1. The standard InChI is InChI=1S/C15H14N6O6S2/c1-3-6-4-28-13-8(12(24)21(13)9(6)14(25)27-5-22)17-11(23)7(19-26-2)10-18-15(16)29-20-10/h3,5,8,13H,1,4H2,2H3,(H,17,23)(H2,16,18,20)/t8?,13-/m0/s1. The van der Waals surface area contributed by atoms with E-state index in [9.17, 15) is 19.2 Å². The minimum atomic E-state index is -0.970. The summed E-state index contributed by atoms with van der Waals surface area (Å²) in [5.41, 5.74) is 5.64. The summed E-state index contributed by atoms with van der Waals surface area (Å²) in [6, 6.07) is -0.948. The SMILES string of the molecule is C=CC1=C(C(=O)OC=O)N2C(=O)C(NC(=O)C(=NOC)c3nsc(N)n3)[C@@H]2SC1. The van der Waals surface area contributed by atoms with Crippen LogP contribution in [-0.2, 0) is 28.8 Å². The van der Waals surface area contributed by atoms with E-state index in [1.807, 2.05) is 0 Å². The highest BCUT2D eigenvalue weighted by Crippen LogP contribution is 2.40. The number of ether oxygens (including phenoxy) is 1. The molecule has 3 heterocycles. The number of β-lactam (4-membered cyclic amide) rings is 1. The van der Waals surface area contributed by atoms with E-state index in [4.69, 9.17) is 5.73 Å². The van der Waals surface area contributed by atoms with E-state index in [-0.39, 0.29) is 28.8 Å². The molecule has 0 bridgehead atoms. The molecule has 1 fully saturated rings. The molecule has 152 valence electrons. The van der Waals surface area contributed by atoms with Crippen molar-refractivity contribution in [1.82, 2.24) is 19.6 Å². The number of carbonyl (C=O) groups is 4. The monoisotopic (exact) mass is 438 g/mol. The van der Waals surface area contributed by atoms with Crippen LogP contribution in [0.4, 0.5) is 5.13 Å². The van der Waals surface area contributed by atoms with Crippen LogP contribution in [0.3, 0.4) is 0 Å². The van der Waals surface area contributed by atoms with E-state index in [0.29, 0.717) is 11.3 Å². The molecule has 2 atom stereocenters. The van der Waals surface area contributed by atoms with Crippen LogP contribution in [-0.4, -0.2) is 68.5 Å². The zero-order chi connectivity index (χ0) is 21.1. The van der Waals surface area contributed by atoms with Crippen LogP contribution in [0.5, 0.6) is 0 Å². The van der Waals surface area contributed by atoms with Gasteiger partial charge in [0.05, 0.1) is 0 Å². The van der Waals surface area contributed by atoms with Crippen LogP contribution in [0.25, 0.3) is 0 Å². The second-order valence-corrected chi connectivity index (χ2v) is 7.41. The number of fused-ring (bicyclic) bond motifs is 1. The molecule has 0 spiro atoms. The number of anilines is 1. The Morgan fingerprint density at radius 3 is 2.83 bits per heavy atom. The highest BCUT2D eigenvalue weighted by Gasteiger charge is 2.54. The Hall–Kier alpha value is -3.26. The lowest BCUT2D eigenvalue weighted by molar-refractivity contribution is -0.155. The summed E-state index contributed by atoms with van der Waals surface area (Å²) in [6.07, 6.45) is 1.41. The van der Waals surface area contributed by atoms with Gasteiger partial charge in [0.2, 0.25) is 11.5 Å². The van der Waals surface area contributed by atoms with Gasteiger partial charge < -0.3 is 20.6 Å². The number of carbonyl (C=O) groups excluding carboxylic acids is 4. The van der Waals surface area contributed by atoms with Gasteiger partial charge in [0.25, 0.3) is 11.8 Å². The summed E-state index contributed by atoms with van der Waals surface area (Å²) < 4.78 is 8.29. The number of allylic oxidation sites excluding steroid dienone is 1. The maximum atomic E-state index is 12.6. The van der Waals surface area contributed by atoms with Crippen LogP contribution in [0.1, 0.15) is 5.82 Å². The van der Waals surface area contributed by atoms with E-state index >= 15 is 0 Å². The van der Waals surface area contributed by atoms with Gasteiger partial charge >= 0.3 is 12.4 Å². The van der Waals surface area contributed by atoms with Gasteiger partial charge in [-0.15, -0.1) is 11.8 Å². The second-order valence-electron chi connectivity index (χ2n) is 5.52. The zero-order valence-electron chi connectivity index (χ0n) is 14.9. The summed E-state index contributed by atoms with van der Waals surface area (Å²) in [6.45, 7) is 3.59. The molecule has 14 heteroatoms. The summed E-state index contributed by atoms with van der Waals surface area (Å²) in [5.74, 6) is -2.00. The third kappa shape index (κ3) is 3.71. The fourth-order valence-electron chi connectivity index (χ4n) is 2.70. The Morgan fingerprint density at radius 1 is 1.48 bits per heavy atom. The van der Waals surface area contributed by atoms with E-state index in [1.165, 1.54) is 24.9 Å². The molecule has 29 heavy (non-hydrogen) atoms. The Balaban J connectivity index is 1.80. The predicted octanol–water partition coefficient (Wildman–Crippen LogP) is -0.990. The molecule has 0 saturated carbocycles. The Morgan fingerprint density at radius 2 is 2.24 bits per heavy atom. The normalized spacial score (nSPS) is 21.1. The van der Waals surface area contributed by atoms with Crippen LogP contribution in [0.15, 0.2) is 29.1 Å². The fourth-order valence-corrected chi connectivity index (χ4v) is 4.48. The van der Waals surface area contributed by atoms with Crippen LogP contribution >= 0.6 is 23.3 Å². The Bertz CT molecular complexity index is 957. The van der Waals surface area contributed by atoms with E-state index < -0.39 is 29.2 Å². The Labute approximate surface area is 172 Å². The number of hydrogen-bond acceptors (Lipinski definition) is 12. The molecule has 2 aliphatic heterocycles. The summed E-state index contributed by atoms with van der Waals surface area (Å²) >= 11 is 2.18. The lowest BCUT2D eigenvalue weighted by Crippen LogP contribution is -2.71. The number of aromatic nitrogens is 2. The van der Waals surface area contributed by atoms with Crippen LogP contribution in [0.2, 0.25) is 0 Å². The maximum Gasteiger partial charge on any atom is 0.362 e. The number of esters is 1. The van der Waals surface area contributed by atoms with Crippen molar-refractivity contribution < 1.29 is 28.8 Å². The van der Waals surface area contributed by atoms with E-state index in [0.717, 1.165) is 16.4 Å². The van der Waals surface area contributed by atoms with E-state index in [2.05, 4.69) is 36.0 Å². The van der Waals surface area contributed by atoms with Crippen molar-refractivity contribution in [2.45, 2.75) is 11.4 Å². The molecule has 2 amide bonds. The lowest BCUT2D eigenvalue weighted by atomic mass is 10.0. The second kappa shape index (κ2) is 8.40. The molecular weight excluding hydrogens is 424 g/mol. The van der Waals surface area contributed by atoms with E-state index in [1.54, 1.807) is 0 Å². The number of nitrogen functional groups attached to an aromatic ring is 1. The molecule has 1 unspecified atom stereocenters. The summed E-state index contributed by atoms with van der Waals surface area (Å²) in [7, 11) is 1.24. The number of thioether (sulfide) groups is 1. The van der Waals surface area contributed by atoms with Gasteiger partial charge in [0.15, 0.2) is 5.13 Å². The molecule has 3 rings (SSSR count). The fraction of sp³-hybridized carbons (Fsp3) is 0.267. The summed E-state index contributed by atoms with van der Waals surface area (Å²) in [4.78, 5) is 57.6. The highest BCUT2D eigenvalue weighted by atomic mass is 32.2. The average molecular weight is 438 g/mol. The predicted molar refractivity (Wildman–Crippen MR) is 102 cm³/mol. The van der Waals surface area contributed by atoms with Gasteiger partial charge in [-0.25, -0.2) is 4.79 Å². The third-order valence-corrected chi connectivity index (χ3v) is 5.78. The van der Waals surface area contributed by atoms with Gasteiger partial charge in [0.1, 0.15) is 24.2 Å². The average Bonchev–Trinajstić information content (AvgIpc) is 3.14. The van der Waals surface area contributed by atoms with Gasteiger partial charge in [-0.1, -0.05) is 17.8 Å². The summed E-state index contributed by atoms with van der Waals surface area (Å²) in [5, 5.41) is 5.69. The van der Waals surface area contributed by atoms with Gasteiger partial charge in [-0.2, -0.15) is 9.36 Å². The van der Waals surface area contributed by atoms with Crippen molar-refractivity contribution in [2.75, 3.05) is 18.6 Å². The highest BCUT2D eigenvalue weighted by molar-refractivity contribution is 8.00. The molecule has 1 saturated heterocycles. The molecule has 0 aromatic carbocycles. The first-order valence-corrected chi connectivity index (χ1v) is 9.71. The van der Waals surface area contributed by atoms with Crippen molar-refractivity contribution >= 4 is 58.4 Å². The first kappa shape index (κ1) is 20.5. The molecule has 0 aliphatic carbocycles. The quantitative estimate of drug-likeness (QED) is 0.135. The van der Waals surface area contributed by atoms with Crippen LogP contribution in [0, 0.1) is 0 Å². The number of rotatable bonds is 7. The molecule has 1 aromatic heterocycles. The first-order chi connectivity index (χ1) is 13.9. The minimum absolute atomic E-state index is 0.0175.